The number of ether oxygens (including phenoxy) is 2. The maximum atomic E-state index is 11.5. The van der Waals surface area contributed by atoms with Crippen molar-refractivity contribution in [1.82, 2.24) is 5.32 Å². The smallest absolute Gasteiger partial charge is 0.408 e. The second-order valence-corrected chi connectivity index (χ2v) is 5.56. The molecule has 1 aliphatic heterocycles. The fraction of sp³-hybridized carbons (Fsp3) is 0.818. The van der Waals surface area contributed by atoms with Gasteiger partial charge < -0.3 is 19.9 Å². The third-order valence-corrected chi connectivity index (χ3v) is 2.47. The third kappa shape index (κ3) is 3.59. The van der Waals surface area contributed by atoms with E-state index in [9.17, 15) is 9.59 Å². The molecule has 0 bridgehead atoms. The summed E-state index contributed by atoms with van der Waals surface area (Å²) in [4.78, 5) is 22.6. The van der Waals surface area contributed by atoms with Gasteiger partial charge in [-0.2, -0.15) is 0 Å². The number of hydrogen-bond acceptors (Lipinski definition) is 4. The molecule has 1 aliphatic rings. The van der Waals surface area contributed by atoms with Gasteiger partial charge in [0.25, 0.3) is 0 Å². The van der Waals surface area contributed by atoms with Crippen molar-refractivity contribution < 1.29 is 24.2 Å². The number of hydrogen-bond donors (Lipinski definition) is 2. The van der Waals surface area contributed by atoms with E-state index in [2.05, 4.69) is 5.32 Å². The maximum Gasteiger partial charge on any atom is 0.408 e. The van der Waals surface area contributed by atoms with Crippen molar-refractivity contribution in [2.45, 2.75) is 39.3 Å². The molecule has 2 N–H and O–H groups in total. The van der Waals surface area contributed by atoms with Crippen LogP contribution in [0.1, 0.15) is 27.7 Å². The number of alkyl carbamates (subject to hydrolysis) is 1. The van der Waals surface area contributed by atoms with Crippen molar-refractivity contribution >= 4 is 12.1 Å². The first-order valence-electron chi connectivity index (χ1n) is 5.44. The number of carbonyl (C=O) groups excluding carboxylic acids is 1. The summed E-state index contributed by atoms with van der Waals surface area (Å²) in [6, 6.07) is -0.994. The number of rotatable bonds is 3. The zero-order chi connectivity index (χ0) is 13.3. The van der Waals surface area contributed by atoms with Crippen LogP contribution in [0.25, 0.3) is 0 Å². The van der Waals surface area contributed by atoms with Crippen LogP contribution in [0.4, 0.5) is 4.79 Å². The summed E-state index contributed by atoms with van der Waals surface area (Å²) >= 11 is 0. The van der Waals surface area contributed by atoms with Gasteiger partial charge in [0.2, 0.25) is 0 Å². The van der Waals surface area contributed by atoms with Gasteiger partial charge >= 0.3 is 12.1 Å². The molecule has 0 aromatic rings. The third-order valence-electron chi connectivity index (χ3n) is 2.47. The molecule has 1 amide bonds. The Morgan fingerprint density at radius 3 is 2.24 bits per heavy atom. The van der Waals surface area contributed by atoms with Gasteiger partial charge in [-0.3, -0.25) is 0 Å². The molecule has 17 heavy (non-hydrogen) atoms. The Hall–Kier alpha value is -1.30. The Balaban J connectivity index is 2.62. The molecule has 0 aliphatic carbocycles. The molecule has 6 heteroatoms. The molecule has 1 fully saturated rings. The molecule has 0 aromatic heterocycles. The minimum absolute atomic E-state index is 0.319. The van der Waals surface area contributed by atoms with Crippen LogP contribution in [-0.4, -0.2) is 42.0 Å². The lowest BCUT2D eigenvalue weighted by Gasteiger charge is -2.42. The van der Waals surface area contributed by atoms with E-state index in [0.29, 0.717) is 13.2 Å². The number of carboxylic acids is 1. The molecular weight excluding hydrogens is 226 g/mol. The van der Waals surface area contributed by atoms with Crippen LogP contribution in [0.5, 0.6) is 0 Å². The highest BCUT2D eigenvalue weighted by Crippen LogP contribution is 2.31. The minimum atomic E-state index is -1.08. The second kappa shape index (κ2) is 4.52. The largest absolute Gasteiger partial charge is 0.480 e. The normalized spacial score (nSPS) is 20.0. The zero-order valence-corrected chi connectivity index (χ0v) is 10.6. The summed E-state index contributed by atoms with van der Waals surface area (Å²) in [5.41, 5.74) is -1.22. The molecule has 0 aromatic carbocycles. The van der Waals surface area contributed by atoms with Gasteiger partial charge in [0.05, 0.1) is 13.2 Å². The fourth-order valence-corrected chi connectivity index (χ4v) is 1.55. The average molecular weight is 245 g/mol. The number of aliphatic carboxylic acids is 1. The minimum Gasteiger partial charge on any atom is -0.480 e. The van der Waals surface area contributed by atoms with Crippen molar-refractivity contribution in [3.63, 3.8) is 0 Å². The Morgan fingerprint density at radius 1 is 1.41 bits per heavy atom. The number of carbonyl (C=O) groups is 2. The molecule has 0 saturated carbocycles. The highest BCUT2D eigenvalue weighted by atomic mass is 16.6. The summed E-state index contributed by atoms with van der Waals surface area (Å²) in [7, 11) is 0. The summed E-state index contributed by atoms with van der Waals surface area (Å²) < 4.78 is 10.0. The molecule has 1 heterocycles. The van der Waals surface area contributed by atoms with E-state index in [4.69, 9.17) is 14.6 Å². The van der Waals surface area contributed by atoms with Crippen LogP contribution in [0.3, 0.4) is 0 Å². The molecule has 0 radical (unpaired) electrons. The summed E-state index contributed by atoms with van der Waals surface area (Å²) in [5, 5.41) is 11.5. The van der Waals surface area contributed by atoms with Crippen LogP contribution < -0.4 is 5.32 Å². The summed E-state index contributed by atoms with van der Waals surface area (Å²) in [5.74, 6) is -1.08. The SMILES string of the molecule is CC(C)(C)OC(=O)N[C@H](C(=O)O)C1(C)COC1. The quantitative estimate of drug-likeness (QED) is 0.774. The topological polar surface area (TPSA) is 84.9 Å². The second-order valence-electron chi connectivity index (χ2n) is 5.56. The van der Waals surface area contributed by atoms with E-state index in [1.165, 1.54) is 0 Å². The van der Waals surface area contributed by atoms with Gasteiger partial charge in [-0.25, -0.2) is 9.59 Å². The Kier molecular flexibility index (Phi) is 3.66. The molecular formula is C11H19NO5. The molecule has 0 unspecified atom stereocenters. The van der Waals surface area contributed by atoms with Crippen LogP contribution in [0.15, 0.2) is 0 Å². The lowest BCUT2D eigenvalue weighted by molar-refractivity contribution is -0.161. The number of nitrogens with one attached hydrogen (secondary N) is 1. The first-order chi connectivity index (χ1) is 7.64. The standard InChI is InChI=1S/C11H19NO5/c1-10(2,3)17-9(15)12-7(8(13)14)11(4)5-16-6-11/h7H,5-6H2,1-4H3,(H,12,15)(H,13,14)/t7-/m1/s1. The Labute approximate surface area is 100 Å². The fourth-order valence-electron chi connectivity index (χ4n) is 1.55. The molecule has 98 valence electrons. The lowest BCUT2D eigenvalue weighted by Crippen LogP contribution is -2.60. The van der Waals surface area contributed by atoms with E-state index >= 15 is 0 Å². The summed E-state index contributed by atoms with van der Waals surface area (Å²) in [6.07, 6.45) is -0.724. The van der Waals surface area contributed by atoms with Crippen molar-refractivity contribution in [3.05, 3.63) is 0 Å². The van der Waals surface area contributed by atoms with E-state index in [0.717, 1.165) is 0 Å². The predicted molar refractivity (Wildman–Crippen MR) is 59.7 cm³/mol. The Morgan fingerprint density at radius 2 is 1.94 bits per heavy atom. The summed E-state index contributed by atoms with van der Waals surface area (Å²) in [6.45, 7) is 7.55. The van der Waals surface area contributed by atoms with Crippen molar-refractivity contribution in [2.24, 2.45) is 5.41 Å². The van der Waals surface area contributed by atoms with Crippen LogP contribution >= 0.6 is 0 Å². The molecule has 1 saturated heterocycles. The van der Waals surface area contributed by atoms with Gasteiger partial charge in [-0.15, -0.1) is 0 Å². The Bertz CT molecular complexity index is 316. The average Bonchev–Trinajstić information content (AvgIpc) is 2.07. The first kappa shape index (κ1) is 13.8. The van der Waals surface area contributed by atoms with Crippen molar-refractivity contribution in [1.29, 1.82) is 0 Å². The van der Waals surface area contributed by atoms with Crippen LogP contribution in [0, 0.1) is 5.41 Å². The number of amides is 1. The molecule has 0 spiro atoms. The van der Waals surface area contributed by atoms with E-state index in [-0.39, 0.29) is 0 Å². The van der Waals surface area contributed by atoms with Crippen molar-refractivity contribution in [3.8, 4) is 0 Å². The van der Waals surface area contributed by atoms with Gasteiger partial charge in [0.1, 0.15) is 11.6 Å². The monoisotopic (exact) mass is 245 g/mol. The van der Waals surface area contributed by atoms with Gasteiger partial charge in [-0.05, 0) is 20.8 Å². The van der Waals surface area contributed by atoms with Crippen LogP contribution in [0.2, 0.25) is 0 Å². The van der Waals surface area contributed by atoms with Gasteiger partial charge in [-0.1, -0.05) is 6.92 Å². The maximum absolute atomic E-state index is 11.5. The molecule has 1 rings (SSSR count). The van der Waals surface area contributed by atoms with Gasteiger partial charge in [0.15, 0.2) is 0 Å². The molecule has 6 nitrogen and oxygen atoms in total. The highest BCUT2D eigenvalue weighted by Gasteiger charge is 2.46. The van der Waals surface area contributed by atoms with Crippen molar-refractivity contribution in [2.75, 3.05) is 13.2 Å². The van der Waals surface area contributed by atoms with Gasteiger partial charge in [0, 0.05) is 5.41 Å². The first-order valence-corrected chi connectivity index (χ1v) is 5.44. The van der Waals surface area contributed by atoms with E-state index in [1.807, 2.05) is 0 Å². The molecule has 1 atom stereocenters. The van der Waals surface area contributed by atoms with E-state index < -0.39 is 29.1 Å². The number of carboxylic acid groups (broad SMARTS) is 1. The highest BCUT2D eigenvalue weighted by molar-refractivity contribution is 5.81. The lowest BCUT2D eigenvalue weighted by atomic mass is 9.80. The van der Waals surface area contributed by atoms with E-state index in [1.54, 1.807) is 27.7 Å². The van der Waals surface area contributed by atoms with Crippen LogP contribution in [-0.2, 0) is 14.3 Å². The predicted octanol–water partition coefficient (Wildman–Crippen LogP) is 1.00. The zero-order valence-electron chi connectivity index (χ0n) is 10.6.